The molecule has 0 radical (unpaired) electrons. The van der Waals surface area contributed by atoms with Gasteiger partial charge in [-0.05, 0) is 55.9 Å². The number of aryl methyl sites for hydroxylation is 1. The Morgan fingerprint density at radius 2 is 1.72 bits per heavy atom. The zero-order chi connectivity index (χ0) is 18.2. The summed E-state index contributed by atoms with van der Waals surface area (Å²) < 4.78 is 10.6. The fourth-order valence-corrected chi connectivity index (χ4v) is 2.44. The molecule has 0 bridgehead atoms. The second-order valence-corrected chi connectivity index (χ2v) is 5.82. The number of nitrogens with zero attached hydrogens (tertiary/aromatic N) is 1. The predicted octanol–water partition coefficient (Wildman–Crippen LogP) is 4.11. The molecule has 0 aliphatic carbocycles. The van der Waals surface area contributed by atoms with Gasteiger partial charge in [-0.1, -0.05) is 24.6 Å². The van der Waals surface area contributed by atoms with E-state index in [2.05, 4.69) is 15.8 Å². The fourth-order valence-electron chi connectivity index (χ4n) is 2.28. The Hall–Kier alpha value is -2.60. The molecule has 0 spiro atoms. The maximum absolute atomic E-state index is 5.35. The summed E-state index contributed by atoms with van der Waals surface area (Å²) >= 11 is 5.30. The van der Waals surface area contributed by atoms with Crippen molar-refractivity contribution in [1.29, 1.82) is 0 Å². The van der Waals surface area contributed by atoms with E-state index in [4.69, 9.17) is 21.7 Å². The third-order valence-electron chi connectivity index (χ3n) is 3.65. The molecular formula is C19H23N3O2S. The molecule has 0 heterocycles. The number of hydrogen-bond donors (Lipinski definition) is 2. The van der Waals surface area contributed by atoms with Crippen LogP contribution in [-0.2, 0) is 0 Å². The van der Waals surface area contributed by atoms with Crippen LogP contribution in [0.3, 0.4) is 0 Å². The number of anilines is 1. The molecule has 2 aromatic carbocycles. The smallest absolute Gasteiger partial charge is 0.191 e. The van der Waals surface area contributed by atoms with Crippen molar-refractivity contribution in [2.24, 2.45) is 5.10 Å². The van der Waals surface area contributed by atoms with Crippen molar-refractivity contribution < 1.29 is 9.47 Å². The minimum atomic E-state index is 0.440. The van der Waals surface area contributed by atoms with E-state index in [1.165, 1.54) is 5.56 Å². The predicted molar refractivity (Wildman–Crippen MR) is 107 cm³/mol. The number of benzene rings is 2. The molecule has 0 saturated heterocycles. The van der Waals surface area contributed by atoms with Crippen molar-refractivity contribution in [2.45, 2.75) is 20.3 Å². The highest BCUT2D eigenvalue weighted by Crippen LogP contribution is 2.28. The lowest BCUT2D eigenvalue weighted by molar-refractivity contribution is 0.355. The first-order valence-corrected chi connectivity index (χ1v) is 8.40. The second kappa shape index (κ2) is 9.03. The molecule has 0 aliphatic rings. The lowest BCUT2D eigenvalue weighted by Gasteiger charge is -2.12. The van der Waals surface area contributed by atoms with Crippen molar-refractivity contribution in [3.05, 3.63) is 53.6 Å². The van der Waals surface area contributed by atoms with Crippen molar-refractivity contribution >= 4 is 28.7 Å². The summed E-state index contributed by atoms with van der Waals surface area (Å²) in [4.78, 5) is 0. The van der Waals surface area contributed by atoms with Gasteiger partial charge in [0.2, 0.25) is 0 Å². The van der Waals surface area contributed by atoms with Gasteiger partial charge < -0.3 is 14.8 Å². The summed E-state index contributed by atoms with van der Waals surface area (Å²) in [5.41, 5.74) is 6.83. The number of methoxy groups -OCH3 is 2. The molecule has 0 amide bonds. The molecule has 132 valence electrons. The Bertz CT molecular complexity index is 758. The second-order valence-electron chi connectivity index (χ2n) is 5.41. The van der Waals surface area contributed by atoms with Gasteiger partial charge in [0, 0.05) is 11.3 Å². The molecule has 0 unspecified atom stereocenters. The van der Waals surface area contributed by atoms with E-state index in [0.717, 1.165) is 23.4 Å². The van der Waals surface area contributed by atoms with Crippen LogP contribution in [0.25, 0.3) is 0 Å². The summed E-state index contributed by atoms with van der Waals surface area (Å²) in [5.74, 6) is 1.35. The van der Waals surface area contributed by atoms with Gasteiger partial charge in [-0.15, -0.1) is 0 Å². The van der Waals surface area contributed by atoms with Crippen LogP contribution < -0.4 is 20.2 Å². The number of rotatable bonds is 6. The van der Waals surface area contributed by atoms with Crippen LogP contribution in [0.15, 0.2) is 47.6 Å². The van der Waals surface area contributed by atoms with E-state index >= 15 is 0 Å². The van der Waals surface area contributed by atoms with Gasteiger partial charge in [0.1, 0.15) is 0 Å². The highest BCUT2D eigenvalue weighted by atomic mass is 32.1. The molecular weight excluding hydrogens is 334 g/mol. The number of hydrazone groups is 1. The van der Waals surface area contributed by atoms with Crippen LogP contribution in [0.4, 0.5) is 5.69 Å². The van der Waals surface area contributed by atoms with E-state index in [-0.39, 0.29) is 0 Å². The first-order chi connectivity index (χ1) is 12.1. The van der Waals surface area contributed by atoms with Gasteiger partial charge in [0.15, 0.2) is 16.6 Å². The molecule has 2 N–H and O–H groups in total. The fraction of sp³-hybridized carbons (Fsp3) is 0.263. The first kappa shape index (κ1) is 18.7. The van der Waals surface area contributed by atoms with Gasteiger partial charge >= 0.3 is 0 Å². The van der Waals surface area contributed by atoms with E-state index < -0.39 is 0 Å². The standard InChI is InChI=1S/C19H23N3O2S/c1-5-16(14-8-11-17(23-3)18(12-14)24-4)21-22-19(25)20-15-9-6-13(2)7-10-15/h6-12H,5H2,1-4H3,(H2,20,22,25)/b21-16+. The van der Waals surface area contributed by atoms with Crippen LogP contribution in [0, 0.1) is 6.92 Å². The van der Waals surface area contributed by atoms with Crippen LogP contribution in [0.1, 0.15) is 24.5 Å². The Morgan fingerprint density at radius 1 is 1.04 bits per heavy atom. The third kappa shape index (κ3) is 5.19. The van der Waals surface area contributed by atoms with Gasteiger partial charge in [0.05, 0.1) is 19.9 Å². The van der Waals surface area contributed by atoms with E-state index in [1.54, 1.807) is 14.2 Å². The van der Waals surface area contributed by atoms with E-state index in [0.29, 0.717) is 16.6 Å². The maximum atomic E-state index is 5.35. The largest absolute Gasteiger partial charge is 0.493 e. The van der Waals surface area contributed by atoms with E-state index in [9.17, 15) is 0 Å². The van der Waals surface area contributed by atoms with Crippen molar-refractivity contribution in [3.8, 4) is 11.5 Å². The minimum absolute atomic E-state index is 0.440. The highest BCUT2D eigenvalue weighted by molar-refractivity contribution is 7.80. The topological polar surface area (TPSA) is 54.9 Å². The molecule has 0 fully saturated rings. The normalized spacial score (nSPS) is 11.0. The number of thiocarbonyl (C=S) groups is 1. The number of ether oxygens (including phenoxy) is 2. The van der Waals surface area contributed by atoms with E-state index in [1.807, 2.05) is 56.3 Å². The monoisotopic (exact) mass is 357 g/mol. The molecule has 25 heavy (non-hydrogen) atoms. The van der Waals surface area contributed by atoms with Crippen molar-refractivity contribution in [2.75, 3.05) is 19.5 Å². The molecule has 5 nitrogen and oxygen atoms in total. The SMILES string of the molecule is CC/C(=N\NC(=S)Nc1ccc(C)cc1)c1ccc(OC)c(OC)c1. The first-order valence-electron chi connectivity index (χ1n) is 8.00. The minimum Gasteiger partial charge on any atom is -0.493 e. The van der Waals surface area contributed by atoms with Gasteiger partial charge in [-0.2, -0.15) is 5.10 Å². The summed E-state index contributed by atoms with van der Waals surface area (Å²) in [6, 6.07) is 13.7. The number of nitrogens with one attached hydrogen (secondary N) is 2. The lowest BCUT2D eigenvalue weighted by atomic mass is 10.1. The summed E-state index contributed by atoms with van der Waals surface area (Å²) in [5, 5.41) is 7.97. The van der Waals surface area contributed by atoms with Gasteiger partial charge in [0.25, 0.3) is 0 Å². The number of hydrogen-bond acceptors (Lipinski definition) is 4. The molecule has 0 aliphatic heterocycles. The molecule has 2 aromatic rings. The van der Waals surface area contributed by atoms with Gasteiger partial charge in [-0.3, -0.25) is 5.43 Å². The van der Waals surface area contributed by atoms with Crippen LogP contribution in [0.2, 0.25) is 0 Å². The lowest BCUT2D eigenvalue weighted by Crippen LogP contribution is -2.25. The maximum Gasteiger partial charge on any atom is 0.191 e. The van der Waals surface area contributed by atoms with Crippen LogP contribution in [0.5, 0.6) is 11.5 Å². The van der Waals surface area contributed by atoms with Crippen molar-refractivity contribution in [3.63, 3.8) is 0 Å². The molecule has 6 heteroatoms. The zero-order valence-corrected chi connectivity index (χ0v) is 15.7. The molecule has 0 saturated carbocycles. The molecule has 0 aromatic heterocycles. The quantitative estimate of drug-likeness (QED) is 0.463. The summed E-state index contributed by atoms with van der Waals surface area (Å²) in [6.07, 6.45) is 0.746. The summed E-state index contributed by atoms with van der Waals surface area (Å²) in [7, 11) is 3.23. The zero-order valence-electron chi connectivity index (χ0n) is 14.9. The summed E-state index contributed by atoms with van der Waals surface area (Å²) in [6.45, 7) is 4.08. The Kier molecular flexibility index (Phi) is 6.77. The van der Waals surface area contributed by atoms with Crippen molar-refractivity contribution in [1.82, 2.24) is 5.43 Å². The molecule has 0 atom stereocenters. The third-order valence-corrected chi connectivity index (χ3v) is 3.85. The average Bonchev–Trinajstić information content (AvgIpc) is 2.63. The Balaban J connectivity index is 2.09. The van der Waals surface area contributed by atoms with Crippen LogP contribution in [-0.4, -0.2) is 25.0 Å². The Morgan fingerprint density at radius 3 is 2.32 bits per heavy atom. The molecule has 2 rings (SSSR count). The Labute approximate surface area is 154 Å². The highest BCUT2D eigenvalue weighted by Gasteiger charge is 2.08. The average molecular weight is 357 g/mol. The van der Waals surface area contributed by atoms with Gasteiger partial charge in [-0.25, -0.2) is 0 Å². The van der Waals surface area contributed by atoms with Crippen LogP contribution >= 0.6 is 12.2 Å².